The molecule has 4 nitrogen and oxygen atoms in total. The predicted octanol–water partition coefficient (Wildman–Crippen LogP) is 0.986. The molecule has 0 spiro atoms. The molecule has 8 heteroatoms. The molecule has 0 amide bonds. The van der Waals surface area contributed by atoms with E-state index in [-0.39, 0.29) is 6.04 Å². The summed E-state index contributed by atoms with van der Waals surface area (Å²) in [5, 5.41) is 0. The molecule has 0 aromatic rings. The Bertz CT molecular complexity index is 328. The first-order chi connectivity index (χ1) is 8.94. The van der Waals surface area contributed by atoms with Gasteiger partial charge in [0.2, 0.25) is 0 Å². The van der Waals surface area contributed by atoms with E-state index < -0.39 is 12.7 Å². The first-order valence-electron chi connectivity index (χ1n) is 6.39. The summed E-state index contributed by atoms with van der Waals surface area (Å²) in [7, 11) is 0. The van der Waals surface area contributed by atoms with Crippen LogP contribution in [0.4, 0.5) is 13.2 Å². The normalized spacial score (nSPS) is 27.0. The quantitative estimate of drug-likeness (QED) is 0.610. The molecular formula is C11H19F3N4S. The van der Waals surface area contributed by atoms with Gasteiger partial charge in [0.05, 0.1) is 12.6 Å². The molecule has 1 atom stereocenters. The molecule has 110 valence electrons. The number of nitrogens with zero attached hydrogens (tertiary/aromatic N) is 3. The Morgan fingerprint density at radius 3 is 2.58 bits per heavy atom. The zero-order valence-corrected chi connectivity index (χ0v) is 11.5. The van der Waals surface area contributed by atoms with Gasteiger partial charge in [-0.15, -0.1) is 0 Å². The predicted molar refractivity (Wildman–Crippen MR) is 71.4 cm³/mol. The third-order valence-corrected chi connectivity index (χ3v) is 4.24. The second-order valence-corrected chi connectivity index (χ2v) is 6.10. The van der Waals surface area contributed by atoms with Gasteiger partial charge >= 0.3 is 6.18 Å². The molecule has 0 saturated carbocycles. The molecule has 0 aliphatic carbocycles. The average molecular weight is 296 g/mol. The summed E-state index contributed by atoms with van der Waals surface area (Å²) >= 11 is 1.88. The number of rotatable bonds is 2. The first kappa shape index (κ1) is 14.8. The summed E-state index contributed by atoms with van der Waals surface area (Å²) < 4.78 is 36.8. The number of halogens is 3. The number of hydrogen-bond acceptors (Lipinski definition) is 3. The number of thioether (sulfide) groups is 1. The van der Waals surface area contributed by atoms with E-state index in [4.69, 9.17) is 5.73 Å². The van der Waals surface area contributed by atoms with E-state index in [2.05, 4.69) is 4.99 Å². The summed E-state index contributed by atoms with van der Waals surface area (Å²) in [4.78, 5) is 7.80. The Morgan fingerprint density at radius 1 is 1.26 bits per heavy atom. The molecule has 0 bridgehead atoms. The van der Waals surface area contributed by atoms with Crippen LogP contribution in [0.2, 0.25) is 0 Å². The van der Waals surface area contributed by atoms with Crippen LogP contribution < -0.4 is 5.73 Å². The van der Waals surface area contributed by atoms with Crippen molar-refractivity contribution >= 4 is 17.7 Å². The molecule has 2 saturated heterocycles. The van der Waals surface area contributed by atoms with Gasteiger partial charge in [0.15, 0.2) is 5.96 Å². The molecule has 2 aliphatic rings. The number of alkyl halides is 3. The van der Waals surface area contributed by atoms with E-state index >= 15 is 0 Å². The molecule has 19 heavy (non-hydrogen) atoms. The van der Waals surface area contributed by atoms with Gasteiger partial charge < -0.3 is 10.6 Å². The van der Waals surface area contributed by atoms with Gasteiger partial charge in [-0.1, -0.05) is 0 Å². The van der Waals surface area contributed by atoms with Crippen LogP contribution in [-0.2, 0) is 0 Å². The SMILES string of the molecule is NC(=NC1CCN(CC(F)(F)F)C1)N1CCSCC1. The number of likely N-dealkylation sites (tertiary alicyclic amines) is 1. The fourth-order valence-electron chi connectivity index (χ4n) is 2.38. The van der Waals surface area contributed by atoms with Crippen molar-refractivity contribution < 1.29 is 13.2 Å². The molecule has 2 aliphatic heterocycles. The van der Waals surface area contributed by atoms with Crippen LogP contribution in [-0.4, -0.2) is 72.2 Å². The number of hydrogen-bond donors (Lipinski definition) is 1. The maximum absolute atomic E-state index is 12.3. The van der Waals surface area contributed by atoms with Crippen molar-refractivity contribution in [2.75, 3.05) is 44.2 Å². The van der Waals surface area contributed by atoms with Crippen molar-refractivity contribution in [2.24, 2.45) is 10.7 Å². The van der Waals surface area contributed by atoms with Gasteiger partial charge in [0.25, 0.3) is 0 Å². The van der Waals surface area contributed by atoms with Gasteiger partial charge in [-0.25, -0.2) is 4.99 Å². The highest BCUT2D eigenvalue weighted by molar-refractivity contribution is 7.99. The molecule has 2 N–H and O–H groups in total. The lowest BCUT2D eigenvalue weighted by Crippen LogP contribution is -2.43. The second kappa shape index (κ2) is 6.21. The van der Waals surface area contributed by atoms with Crippen molar-refractivity contribution in [1.29, 1.82) is 0 Å². The highest BCUT2D eigenvalue weighted by Crippen LogP contribution is 2.21. The Morgan fingerprint density at radius 2 is 1.95 bits per heavy atom. The maximum atomic E-state index is 12.3. The van der Waals surface area contributed by atoms with Gasteiger partial charge in [-0.05, 0) is 6.42 Å². The zero-order valence-electron chi connectivity index (χ0n) is 10.7. The van der Waals surface area contributed by atoms with Crippen LogP contribution >= 0.6 is 11.8 Å². The highest BCUT2D eigenvalue weighted by atomic mass is 32.2. The van der Waals surface area contributed by atoms with Crippen LogP contribution in [0, 0.1) is 0 Å². The third-order valence-electron chi connectivity index (χ3n) is 3.30. The molecular weight excluding hydrogens is 277 g/mol. The minimum absolute atomic E-state index is 0.100. The molecule has 2 fully saturated rings. The number of guanidine groups is 1. The van der Waals surface area contributed by atoms with E-state index in [0.717, 1.165) is 24.6 Å². The summed E-state index contributed by atoms with van der Waals surface area (Å²) in [5.74, 6) is 2.54. The van der Waals surface area contributed by atoms with Crippen LogP contribution in [0.25, 0.3) is 0 Å². The smallest absolute Gasteiger partial charge is 0.370 e. The fraction of sp³-hybridized carbons (Fsp3) is 0.909. The van der Waals surface area contributed by atoms with Gasteiger partial charge in [-0.2, -0.15) is 24.9 Å². The van der Waals surface area contributed by atoms with Crippen molar-refractivity contribution in [3.63, 3.8) is 0 Å². The van der Waals surface area contributed by atoms with Gasteiger partial charge in [0.1, 0.15) is 0 Å². The average Bonchev–Trinajstić information content (AvgIpc) is 2.75. The first-order valence-corrected chi connectivity index (χ1v) is 7.54. The Kier molecular flexibility index (Phi) is 4.83. The van der Waals surface area contributed by atoms with E-state index in [0.29, 0.717) is 25.5 Å². The zero-order chi connectivity index (χ0) is 13.9. The minimum atomic E-state index is -4.13. The lowest BCUT2D eigenvalue weighted by molar-refractivity contribution is -0.143. The highest BCUT2D eigenvalue weighted by Gasteiger charge is 2.34. The molecule has 0 aromatic heterocycles. The van der Waals surface area contributed by atoms with Gasteiger partial charge in [-0.3, -0.25) is 4.90 Å². The Labute approximate surface area is 115 Å². The Hall–Kier alpha value is -0.630. The summed E-state index contributed by atoms with van der Waals surface area (Å²) in [6.07, 6.45) is -3.48. The third kappa shape index (κ3) is 4.76. The van der Waals surface area contributed by atoms with Crippen molar-refractivity contribution in [3.8, 4) is 0 Å². The van der Waals surface area contributed by atoms with Crippen LogP contribution in [0.5, 0.6) is 0 Å². The second-order valence-electron chi connectivity index (χ2n) is 4.88. The van der Waals surface area contributed by atoms with Crippen LogP contribution in [0.15, 0.2) is 4.99 Å². The van der Waals surface area contributed by atoms with Gasteiger partial charge in [0, 0.05) is 37.7 Å². The van der Waals surface area contributed by atoms with E-state index in [9.17, 15) is 13.2 Å². The summed E-state index contributed by atoms with van der Waals surface area (Å²) in [6.45, 7) is 1.69. The summed E-state index contributed by atoms with van der Waals surface area (Å²) in [6, 6.07) is -0.100. The number of aliphatic imine (C=N–C) groups is 1. The van der Waals surface area contributed by atoms with Crippen molar-refractivity contribution in [1.82, 2.24) is 9.80 Å². The van der Waals surface area contributed by atoms with E-state index in [1.807, 2.05) is 16.7 Å². The van der Waals surface area contributed by atoms with E-state index in [1.54, 1.807) is 0 Å². The number of nitrogens with two attached hydrogens (primary N) is 1. The summed E-state index contributed by atoms with van der Waals surface area (Å²) in [5.41, 5.74) is 5.93. The largest absolute Gasteiger partial charge is 0.401 e. The lowest BCUT2D eigenvalue weighted by Gasteiger charge is -2.27. The van der Waals surface area contributed by atoms with Crippen LogP contribution in [0.1, 0.15) is 6.42 Å². The van der Waals surface area contributed by atoms with Crippen molar-refractivity contribution in [3.05, 3.63) is 0 Å². The van der Waals surface area contributed by atoms with Crippen molar-refractivity contribution in [2.45, 2.75) is 18.6 Å². The van der Waals surface area contributed by atoms with Crippen LogP contribution in [0.3, 0.4) is 0 Å². The minimum Gasteiger partial charge on any atom is -0.370 e. The molecule has 1 unspecified atom stereocenters. The molecule has 0 radical (unpaired) electrons. The fourth-order valence-corrected chi connectivity index (χ4v) is 3.28. The van der Waals surface area contributed by atoms with E-state index in [1.165, 1.54) is 4.90 Å². The lowest BCUT2D eigenvalue weighted by atomic mass is 10.3. The topological polar surface area (TPSA) is 44.9 Å². The molecule has 2 rings (SSSR count). The monoisotopic (exact) mass is 296 g/mol. The standard InChI is InChI=1S/C11H19F3N4S/c12-11(13,14)8-17-2-1-9(7-17)16-10(15)18-3-5-19-6-4-18/h9H,1-8H2,(H2,15,16). The molecule has 0 aromatic carbocycles. The maximum Gasteiger partial charge on any atom is 0.401 e. The molecule has 2 heterocycles. The Balaban J connectivity index is 1.83.